The monoisotopic (exact) mass is 386 g/mol. The first-order chi connectivity index (χ1) is 11.5. The summed E-state index contributed by atoms with van der Waals surface area (Å²) in [5.41, 5.74) is 0.0348. The molecule has 0 spiro atoms. The Bertz CT molecular complexity index is 395. The van der Waals surface area contributed by atoms with Crippen molar-refractivity contribution < 1.29 is 22.0 Å². The van der Waals surface area contributed by atoms with Gasteiger partial charge in [-0.15, -0.1) is 0 Å². The van der Waals surface area contributed by atoms with Crippen molar-refractivity contribution >= 4 is 0 Å². The lowest BCUT2D eigenvalue weighted by Gasteiger charge is -2.41. The predicted molar refractivity (Wildman–Crippen MR) is 95.6 cm³/mol. The van der Waals surface area contributed by atoms with E-state index in [0.717, 1.165) is 0 Å². The van der Waals surface area contributed by atoms with Crippen molar-refractivity contribution in [3.8, 4) is 0 Å². The Morgan fingerprint density at radius 2 is 1.04 bits per heavy atom. The van der Waals surface area contributed by atoms with Crippen LogP contribution in [0, 0.1) is 5.92 Å². The van der Waals surface area contributed by atoms with E-state index in [9.17, 15) is 22.0 Å². The summed E-state index contributed by atoms with van der Waals surface area (Å²) in [6.45, 7) is 14.5. The van der Waals surface area contributed by atoms with E-state index in [1.165, 1.54) is 0 Å². The minimum atomic E-state index is -4.00. The van der Waals surface area contributed by atoms with Crippen molar-refractivity contribution in [1.82, 2.24) is 9.80 Å². The molecule has 0 amide bonds. The quantitative estimate of drug-likeness (QED) is 0.502. The maximum Gasteiger partial charge on any atom is 0.391 e. The van der Waals surface area contributed by atoms with Gasteiger partial charge in [0.2, 0.25) is 0 Å². The van der Waals surface area contributed by atoms with Crippen LogP contribution < -0.4 is 0 Å². The van der Waals surface area contributed by atoms with Gasteiger partial charge in [-0.05, 0) is 67.5 Å². The molecule has 0 aliphatic carbocycles. The third-order valence-electron chi connectivity index (χ3n) is 5.35. The van der Waals surface area contributed by atoms with E-state index in [1.807, 2.05) is 20.8 Å². The van der Waals surface area contributed by atoms with Crippen LogP contribution in [0.5, 0.6) is 0 Å². The van der Waals surface area contributed by atoms with E-state index in [0.29, 0.717) is 26.2 Å². The lowest BCUT2D eigenvalue weighted by molar-refractivity contribution is -0.187. The van der Waals surface area contributed by atoms with Crippen LogP contribution in [0.25, 0.3) is 0 Å². The summed E-state index contributed by atoms with van der Waals surface area (Å²) in [7, 11) is 0. The van der Waals surface area contributed by atoms with Gasteiger partial charge < -0.3 is 0 Å². The van der Waals surface area contributed by atoms with E-state index in [4.69, 9.17) is 0 Å². The maximum atomic E-state index is 12.7. The molecular weight excluding hydrogens is 351 g/mol. The smallest absolute Gasteiger partial charge is 0.298 e. The van der Waals surface area contributed by atoms with Crippen LogP contribution in [0.2, 0.25) is 0 Å². The van der Waals surface area contributed by atoms with Gasteiger partial charge in [-0.1, -0.05) is 0 Å². The molecule has 26 heavy (non-hydrogen) atoms. The fraction of sp³-hybridized carbons (Fsp3) is 1.00. The maximum absolute atomic E-state index is 12.7. The normalized spacial score (nSPS) is 24.1. The van der Waals surface area contributed by atoms with Crippen LogP contribution in [0.1, 0.15) is 67.2 Å². The lowest BCUT2D eigenvalue weighted by atomic mass is 9.93. The Hall–Kier alpha value is -0.430. The molecule has 2 nitrogen and oxygen atoms in total. The van der Waals surface area contributed by atoms with Crippen molar-refractivity contribution in [3.63, 3.8) is 0 Å². The molecule has 2 heterocycles. The minimum Gasteiger partial charge on any atom is -0.298 e. The number of likely N-dealkylation sites (tertiary alicyclic amines) is 2. The van der Waals surface area contributed by atoms with Crippen LogP contribution in [-0.4, -0.2) is 59.2 Å². The molecule has 0 unspecified atom stereocenters. The summed E-state index contributed by atoms with van der Waals surface area (Å²) in [5.74, 6) is -3.50. The number of alkyl halides is 5. The molecule has 0 atom stereocenters. The number of halogens is 5. The van der Waals surface area contributed by atoms with Crippen LogP contribution in [0.4, 0.5) is 22.0 Å². The van der Waals surface area contributed by atoms with E-state index < -0.39 is 18.0 Å². The number of nitrogens with zero attached hydrogens (tertiary/aromatic N) is 2. The van der Waals surface area contributed by atoms with Gasteiger partial charge in [0.25, 0.3) is 5.92 Å². The molecule has 0 aromatic heterocycles. The topological polar surface area (TPSA) is 6.48 Å². The summed E-state index contributed by atoms with van der Waals surface area (Å²) in [6, 6.07) is 0. The second kappa shape index (κ2) is 8.29. The molecule has 0 N–H and O–H groups in total. The number of rotatable bonds is 0. The molecule has 0 aromatic carbocycles. The van der Waals surface area contributed by atoms with E-state index >= 15 is 0 Å². The van der Waals surface area contributed by atoms with Crippen molar-refractivity contribution in [2.45, 2.75) is 90.4 Å². The number of hydrogen-bond acceptors (Lipinski definition) is 2. The molecule has 0 bridgehead atoms. The lowest BCUT2D eigenvalue weighted by Crippen LogP contribution is -2.48. The summed E-state index contributed by atoms with van der Waals surface area (Å²) in [5, 5.41) is 0. The highest BCUT2D eigenvalue weighted by Crippen LogP contribution is 2.35. The second-order valence-electron chi connectivity index (χ2n) is 9.49. The Kier molecular flexibility index (Phi) is 7.53. The molecule has 2 saturated heterocycles. The molecule has 0 aromatic rings. The van der Waals surface area contributed by atoms with E-state index in [-0.39, 0.29) is 36.8 Å². The van der Waals surface area contributed by atoms with Gasteiger partial charge in [0.05, 0.1) is 5.92 Å². The first-order valence-corrected chi connectivity index (χ1v) is 9.47. The Labute approximate surface area is 155 Å². The first-order valence-electron chi connectivity index (χ1n) is 9.47. The Morgan fingerprint density at radius 3 is 1.35 bits per heavy atom. The highest BCUT2D eigenvalue weighted by molar-refractivity contribution is 4.85. The molecular formula is C19H35F5N2. The fourth-order valence-electron chi connectivity index (χ4n) is 3.38. The zero-order valence-corrected chi connectivity index (χ0v) is 17.0. The third-order valence-corrected chi connectivity index (χ3v) is 5.35. The van der Waals surface area contributed by atoms with Crippen LogP contribution in [0.3, 0.4) is 0 Å². The summed E-state index contributed by atoms with van der Waals surface area (Å²) < 4.78 is 62.5. The SMILES string of the molecule is CC(C)(C)N1CCC(C(F)(F)F)CC1.CC(C)(C)N1CCC(F)(F)CC1. The van der Waals surface area contributed by atoms with Crippen molar-refractivity contribution in [2.24, 2.45) is 5.92 Å². The van der Waals surface area contributed by atoms with Gasteiger partial charge >= 0.3 is 6.18 Å². The van der Waals surface area contributed by atoms with Gasteiger partial charge in [0.1, 0.15) is 0 Å². The average Bonchev–Trinajstić information content (AvgIpc) is 2.45. The van der Waals surface area contributed by atoms with Gasteiger partial charge in [0.15, 0.2) is 0 Å². The molecule has 2 rings (SSSR count). The fourth-order valence-corrected chi connectivity index (χ4v) is 3.38. The van der Waals surface area contributed by atoms with Gasteiger partial charge in [-0.2, -0.15) is 13.2 Å². The van der Waals surface area contributed by atoms with Crippen molar-refractivity contribution in [1.29, 1.82) is 0 Å². The average molecular weight is 386 g/mol. The predicted octanol–water partition coefficient (Wildman–Crippen LogP) is 5.58. The minimum absolute atomic E-state index is 0.00340. The van der Waals surface area contributed by atoms with Crippen molar-refractivity contribution in [3.05, 3.63) is 0 Å². The molecule has 2 aliphatic rings. The third kappa shape index (κ3) is 7.67. The Morgan fingerprint density at radius 1 is 0.692 bits per heavy atom. The van der Waals surface area contributed by atoms with Gasteiger partial charge in [0, 0.05) is 37.0 Å². The molecule has 2 fully saturated rings. The van der Waals surface area contributed by atoms with Crippen molar-refractivity contribution in [2.75, 3.05) is 26.2 Å². The summed E-state index contributed by atoms with van der Waals surface area (Å²) in [4.78, 5) is 4.24. The first kappa shape index (κ1) is 23.6. The largest absolute Gasteiger partial charge is 0.391 e. The number of hydrogen-bond donors (Lipinski definition) is 0. The van der Waals surface area contributed by atoms with Gasteiger partial charge in [-0.3, -0.25) is 9.80 Å². The molecule has 156 valence electrons. The molecule has 0 saturated carbocycles. The summed E-state index contributed by atoms with van der Waals surface area (Å²) >= 11 is 0. The van der Waals surface area contributed by atoms with E-state index in [1.54, 1.807) is 0 Å². The zero-order chi connectivity index (χ0) is 20.4. The zero-order valence-electron chi connectivity index (χ0n) is 17.0. The highest BCUT2D eigenvalue weighted by Gasteiger charge is 2.42. The molecule has 0 radical (unpaired) electrons. The standard InChI is InChI=1S/C10H18F3N.C9H17F2N/c1-9(2,3)14-6-4-8(5-7-14)10(11,12)13;1-8(2,3)12-6-4-9(10,11)5-7-12/h8H,4-7H2,1-3H3;4-7H2,1-3H3. The Balaban J connectivity index is 0.000000263. The summed E-state index contributed by atoms with van der Waals surface area (Å²) in [6.07, 6.45) is -3.46. The van der Waals surface area contributed by atoms with Crippen LogP contribution in [-0.2, 0) is 0 Å². The number of piperidine rings is 2. The highest BCUT2D eigenvalue weighted by atomic mass is 19.4. The van der Waals surface area contributed by atoms with E-state index in [2.05, 4.69) is 30.6 Å². The molecule has 2 aliphatic heterocycles. The van der Waals surface area contributed by atoms with Gasteiger partial charge in [-0.25, -0.2) is 8.78 Å². The molecule has 7 heteroatoms. The second-order valence-corrected chi connectivity index (χ2v) is 9.49. The van der Waals surface area contributed by atoms with Crippen LogP contribution in [0.15, 0.2) is 0 Å². The van der Waals surface area contributed by atoms with Crippen LogP contribution >= 0.6 is 0 Å².